The summed E-state index contributed by atoms with van der Waals surface area (Å²) in [6, 6.07) is 7.69. The Balaban J connectivity index is 2.56. The van der Waals surface area contributed by atoms with Gasteiger partial charge in [-0.3, -0.25) is 4.57 Å². The first-order chi connectivity index (χ1) is 12.2. The molecular weight excluding hydrogens is 353 g/mol. The van der Waals surface area contributed by atoms with E-state index in [0.29, 0.717) is 6.42 Å². The fourth-order valence-electron chi connectivity index (χ4n) is 3.36. The standard InChI is InChI=1S/C19H30NO5P/c1-6-23-26(22,24-7-2)19(20-17(21)25-18(3,4)5)14-10-12-15-11-8-9-13-16(15)19/h8-9,11,13H,6-7,10,12,14H2,1-5H3,(H,20,21)/t19-/m1/s1. The predicted molar refractivity (Wildman–Crippen MR) is 101 cm³/mol. The van der Waals surface area contributed by atoms with Crippen LogP contribution in [0.25, 0.3) is 0 Å². The lowest BCUT2D eigenvalue weighted by molar-refractivity contribution is 0.0455. The van der Waals surface area contributed by atoms with Gasteiger partial charge in [0.05, 0.1) is 13.2 Å². The van der Waals surface area contributed by atoms with Crippen LogP contribution in [0.3, 0.4) is 0 Å². The molecule has 1 atom stereocenters. The average Bonchev–Trinajstić information content (AvgIpc) is 2.53. The van der Waals surface area contributed by atoms with Gasteiger partial charge in [-0.25, -0.2) is 4.79 Å². The molecule has 146 valence electrons. The molecule has 0 fully saturated rings. The van der Waals surface area contributed by atoms with Crippen molar-refractivity contribution in [3.05, 3.63) is 35.4 Å². The van der Waals surface area contributed by atoms with E-state index < -0.39 is 24.6 Å². The average molecular weight is 383 g/mol. The van der Waals surface area contributed by atoms with Crippen LogP contribution in [0.2, 0.25) is 0 Å². The summed E-state index contributed by atoms with van der Waals surface area (Å²) in [7, 11) is -3.69. The van der Waals surface area contributed by atoms with Crippen LogP contribution >= 0.6 is 7.60 Å². The SMILES string of the molecule is CCOP(=O)(OCC)[C@]1(NC(=O)OC(C)(C)C)CCCc2ccccc21. The summed E-state index contributed by atoms with van der Waals surface area (Å²) in [5, 5.41) is 1.63. The lowest BCUT2D eigenvalue weighted by atomic mass is 9.87. The van der Waals surface area contributed by atoms with Gasteiger partial charge in [0.15, 0.2) is 5.28 Å². The molecule has 0 aromatic heterocycles. The van der Waals surface area contributed by atoms with Crippen molar-refractivity contribution >= 4 is 13.7 Å². The van der Waals surface area contributed by atoms with Crippen LogP contribution < -0.4 is 5.32 Å². The number of hydrogen-bond acceptors (Lipinski definition) is 5. The maximum Gasteiger partial charge on any atom is 0.408 e. The summed E-state index contributed by atoms with van der Waals surface area (Å²) >= 11 is 0. The molecule has 7 heteroatoms. The summed E-state index contributed by atoms with van der Waals surface area (Å²) in [6.45, 7) is 9.34. The van der Waals surface area contributed by atoms with Crippen molar-refractivity contribution in [2.45, 2.75) is 64.8 Å². The molecule has 2 rings (SSSR count). The van der Waals surface area contributed by atoms with Gasteiger partial charge < -0.3 is 19.1 Å². The molecule has 0 spiro atoms. The van der Waals surface area contributed by atoms with Gasteiger partial charge in [-0.15, -0.1) is 0 Å². The number of ether oxygens (including phenoxy) is 1. The second kappa shape index (κ2) is 8.12. The summed E-state index contributed by atoms with van der Waals surface area (Å²) in [6.07, 6.45) is 1.44. The first-order valence-electron chi connectivity index (χ1n) is 9.16. The van der Waals surface area contributed by atoms with Crippen molar-refractivity contribution in [3.63, 3.8) is 0 Å². The molecule has 1 aliphatic rings. The monoisotopic (exact) mass is 383 g/mol. The molecule has 0 heterocycles. The molecule has 0 unspecified atom stereocenters. The Kier molecular flexibility index (Phi) is 6.54. The molecule has 1 amide bonds. The molecule has 26 heavy (non-hydrogen) atoms. The van der Waals surface area contributed by atoms with Crippen molar-refractivity contribution in [1.82, 2.24) is 5.32 Å². The normalized spacial score (nSPS) is 20.3. The number of hydrogen-bond donors (Lipinski definition) is 1. The highest BCUT2D eigenvalue weighted by atomic mass is 31.2. The molecule has 1 aliphatic carbocycles. The van der Waals surface area contributed by atoms with Gasteiger partial charge in [-0.2, -0.15) is 0 Å². The summed E-state index contributed by atoms with van der Waals surface area (Å²) in [5.74, 6) is 0. The van der Waals surface area contributed by atoms with Crippen molar-refractivity contribution in [3.8, 4) is 0 Å². The van der Waals surface area contributed by atoms with E-state index in [1.807, 2.05) is 24.3 Å². The van der Waals surface area contributed by atoms with E-state index in [-0.39, 0.29) is 13.2 Å². The van der Waals surface area contributed by atoms with E-state index in [0.717, 1.165) is 24.0 Å². The molecule has 0 bridgehead atoms. The number of carbonyl (C=O) groups is 1. The molecule has 1 aromatic carbocycles. The van der Waals surface area contributed by atoms with E-state index in [1.165, 1.54) is 0 Å². The quantitative estimate of drug-likeness (QED) is 0.702. The molecule has 0 aliphatic heterocycles. The second-order valence-corrected chi connectivity index (χ2v) is 9.61. The topological polar surface area (TPSA) is 73.9 Å². The first kappa shape index (κ1) is 20.9. The number of carbonyl (C=O) groups excluding carboxylic acids is 1. The highest BCUT2D eigenvalue weighted by Gasteiger charge is 2.55. The van der Waals surface area contributed by atoms with Gasteiger partial charge in [0.25, 0.3) is 0 Å². The van der Waals surface area contributed by atoms with E-state index in [9.17, 15) is 9.36 Å². The number of nitrogens with one attached hydrogen (secondary N) is 1. The second-order valence-electron chi connectivity index (χ2n) is 7.33. The molecule has 0 radical (unpaired) electrons. The summed E-state index contributed by atoms with van der Waals surface area (Å²) in [5.41, 5.74) is 1.15. The van der Waals surface area contributed by atoms with Crippen molar-refractivity contribution in [2.24, 2.45) is 0 Å². The van der Waals surface area contributed by atoms with E-state index >= 15 is 0 Å². The summed E-state index contributed by atoms with van der Waals surface area (Å²) < 4.78 is 30.6. The Bertz CT molecular complexity index is 675. The van der Waals surface area contributed by atoms with Crippen molar-refractivity contribution in [1.29, 1.82) is 0 Å². The Morgan fingerprint density at radius 2 is 1.81 bits per heavy atom. The van der Waals surface area contributed by atoms with Crippen LogP contribution in [-0.4, -0.2) is 24.9 Å². The molecule has 1 aromatic rings. The minimum absolute atomic E-state index is 0.219. The molecule has 1 N–H and O–H groups in total. The fourth-order valence-corrected chi connectivity index (χ4v) is 5.73. The number of rotatable bonds is 6. The Morgan fingerprint density at radius 3 is 2.38 bits per heavy atom. The predicted octanol–water partition coefficient (Wildman–Crippen LogP) is 4.97. The highest BCUT2D eigenvalue weighted by molar-refractivity contribution is 7.55. The van der Waals surface area contributed by atoms with Crippen molar-refractivity contribution < 1.29 is 23.1 Å². The zero-order valence-corrected chi connectivity index (χ0v) is 17.2. The lowest BCUT2D eigenvalue weighted by Gasteiger charge is -2.43. The van der Waals surface area contributed by atoms with Crippen LogP contribution in [0.4, 0.5) is 4.79 Å². The maximum absolute atomic E-state index is 13.8. The van der Waals surface area contributed by atoms with Gasteiger partial charge >= 0.3 is 13.7 Å². The maximum atomic E-state index is 13.8. The van der Waals surface area contributed by atoms with Crippen LogP contribution in [-0.2, 0) is 30.1 Å². The van der Waals surface area contributed by atoms with E-state index in [4.69, 9.17) is 13.8 Å². The fraction of sp³-hybridized carbons (Fsp3) is 0.632. The third-order valence-electron chi connectivity index (χ3n) is 4.22. The third-order valence-corrected chi connectivity index (χ3v) is 6.93. The first-order valence-corrected chi connectivity index (χ1v) is 10.7. The van der Waals surface area contributed by atoms with Gasteiger partial charge in [-0.05, 0) is 65.0 Å². The Morgan fingerprint density at radius 1 is 1.19 bits per heavy atom. The van der Waals surface area contributed by atoms with Crippen molar-refractivity contribution in [2.75, 3.05) is 13.2 Å². The van der Waals surface area contributed by atoms with Crippen LogP contribution in [0, 0.1) is 0 Å². The van der Waals surface area contributed by atoms with E-state index in [1.54, 1.807) is 34.6 Å². The smallest absolute Gasteiger partial charge is 0.408 e. The molecule has 0 saturated heterocycles. The Labute approximate surface area is 156 Å². The van der Waals surface area contributed by atoms with Gasteiger partial charge in [0.2, 0.25) is 0 Å². The molecular formula is C19H30NO5P. The molecule has 6 nitrogen and oxygen atoms in total. The van der Waals surface area contributed by atoms with Crippen LogP contribution in [0.15, 0.2) is 24.3 Å². The number of amides is 1. The number of benzene rings is 1. The zero-order valence-electron chi connectivity index (χ0n) is 16.3. The van der Waals surface area contributed by atoms with Crippen LogP contribution in [0.1, 0.15) is 58.6 Å². The third kappa shape index (κ3) is 4.30. The zero-order chi connectivity index (χ0) is 19.4. The lowest BCUT2D eigenvalue weighted by Crippen LogP contribution is -2.50. The van der Waals surface area contributed by atoms with Gasteiger partial charge in [-0.1, -0.05) is 24.3 Å². The van der Waals surface area contributed by atoms with E-state index in [2.05, 4.69) is 5.32 Å². The largest absolute Gasteiger partial charge is 0.444 e. The van der Waals surface area contributed by atoms with Crippen LogP contribution in [0.5, 0.6) is 0 Å². The van der Waals surface area contributed by atoms with Gasteiger partial charge in [0, 0.05) is 0 Å². The number of fused-ring (bicyclic) bond motifs is 1. The Hall–Kier alpha value is -1.36. The number of alkyl carbamates (subject to hydrolysis) is 1. The summed E-state index contributed by atoms with van der Waals surface area (Å²) in [4.78, 5) is 12.6. The molecule has 0 saturated carbocycles. The minimum atomic E-state index is -3.69. The van der Waals surface area contributed by atoms with Gasteiger partial charge in [0.1, 0.15) is 5.60 Å². The highest BCUT2D eigenvalue weighted by Crippen LogP contribution is 2.67. The number of aryl methyl sites for hydroxylation is 1. The minimum Gasteiger partial charge on any atom is -0.444 e.